The fourth-order valence-corrected chi connectivity index (χ4v) is 2.33. The normalized spacial score (nSPS) is 10.7. The Bertz CT molecular complexity index is 548. The van der Waals surface area contributed by atoms with E-state index in [1.165, 1.54) is 12.1 Å². The van der Waals surface area contributed by atoms with Gasteiger partial charge in [-0.2, -0.15) is 0 Å². The maximum atomic E-state index is 13.3. The predicted molar refractivity (Wildman–Crippen MR) is 57.7 cm³/mol. The van der Waals surface area contributed by atoms with Crippen LogP contribution in [-0.4, -0.2) is 12.6 Å². The third kappa shape index (κ3) is 1.78. The average molecular weight is 242 g/mol. The third-order valence-electron chi connectivity index (χ3n) is 2.06. The highest BCUT2D eigenvalue weighted by Crippen LogP contribution is 2.29. The summed E-state index contributed by atoms with van der Waals surface area (Å²) in [6.45, 7) is 1.94. The third-order valence-corrected chi connectivity index (χ3v) is 3.18. The van der Waals surface area contributed by atoms with Crippen LogP contribution in [0.5, 0.6) is 0 Å². The van der Waals surface area contributed by atoms with Crippen LogP contribution in [0.3, 0.4) is 0 Å². The van der Waals surface area contributed by atoms with Crippen molar-refractivity contribution in [3.8, 4) is 0 Å². The number of halogens is 2. The minimum Gasteiger partial charge on any atom is -0.462 e. The van der Waals surface area contributed by atoms with Crippen LogP contribution in [0.4, 0.5) is 8.78 Å². The smallest absolute Gasteiger partial charge is 0.348 e. The Labute approximate surface area is 94.5 Å². The number of fused-ring (bicyclic) bond motifs is 1. The lowest BCUT2D eigenvalue weighted by molar-refractivity contribution is 0.0532. The largest absolute Gasteiger partial charge is 0.462 e. The number of carbonyl (C=O) groups is 1. The molecular formula is C11H8F2O2S. The maximum absolute atomic E-state index is 13.3. The van der Waals surface area contributed by atoms with E-state index in [0.717, 1.165) is 17.4 Å². The topological polar surface area (TPSA) is 26.3 Å². The van der Waals surface area contributed by atoms with E-state index in [2.05, 4.69) is 0 Å². The van der Waals surface area contributed by atoms with Crippen molar-refractivity contribution in [2.24, 2.45) is 0 Å². The molecule has 0 unspecified atom stereocenters. The van der Waals surface area contributed by atoms with Crippen molar-refractivity contribution in [2.45, 2.75) is 6.92 Å². The van der Waals surface area contributed by atoms with Crippen LogP contribution in [0.15, 0.2) is 18.2 Å². The summed E-state index contributed by atoms with van der Waals surface area (Å²) in [4.78, 5) is 11.7. The van der Waals surface area contributed by atoms with Crippen LogP contribution in [0.2, 0.25) is 0 Å². The van der Waals surface area contributed by atoms with Gasteiger partial charge in [-0.05, 0) is 24.4 Å². The van der Waals surface area contributed by atoms with E-state index in [1.807, 2.05) is 0 Å². The summed E-state index contributed by atoms with van der Waals surface area (Å²) in [5.74, 6) is -2.34. The zero-order valence-corrected chi connectivity index (χ0v) is 9.24. The molecule has 0 atom stereocenters. The molecule has 84 valence electrons. The SMILES string of the molecule is CCOC(=O)c1cc2ccc(F)c(F)c2s1. The fourth-order valence-electron chi connectivity index (χ4n) is 1.35. The molecular weight excluding hydrogens is 234 g/mol. The Morgan fingerprint density at radius 3 is 2.88 bits per heavy atom. The van der Waals surface area contributed by atoms with E-state index >= 15 is 0 Å². The molecule has 0 bridgehead atoms. The average Bonchev–Trinajstić information content (AvgIpc) is 2.69. The molecule has 0 aliphatic rings. The molecule has 1 aromatic heterocycles. The molecule has 0 fully saturated rings. The molecule has 2 nitrogen and oxygen atoms in total. The lowest BCUT2D eigenvalue weighted by Crippen LogP contribution is -2.01. The number of esters is 1. The van der Waals surface area contributed by atoms with Crippen LogP contribution in [-0.2, 0) is 4.74 Å². The van der Waals surface area contributed by atoms with Crippen molar-refractivity contribution in [2.75, 3.05) is 6.61 Å². The lowest BCUT2D eigenvalue weighted by Gasteiger charge is -1.95. The molecule has 0 aliphatic heterocycles. The molecule has 5 heteroatoms. The van der Waals surface area contributed by atoms with Gasteiger partial charge >= 0.3 is 5.97 Å². The molecule has 2 rings (SSSR count). The minimum atomic E-state index is -0.918. The minimum absolute atomic E-state index is 0.142. The van der Waals surface area contributed by atoms with Crippen molar-refractivity contribution < 1.29 is 18.3 Å². The lowest BCUT2D eigenvalue weighted by atomic mass is 10.2. The van der Waals surface area contributed by atoms with Gasteiger partial charge in [-0.1, -0.05) is 6.07 Å². The molecule has 0 aliphatic carbocycles. The molecule has 2 aromatic rings. The van der Waals surface area contributed by atoms with Gasteiger partial charge in [0.15, 0.2) is 11.6 Å². The van der Waals surface area contributed by atoms with E-state index < -0.39 is 17.6 Å². The second kappa shape index (κ2) is 4.17. The summed E-state index contributed by atoms with van der Waals surface area (Å²) in [5, 5.41) is 0.506. The number of rotatable bonds is 2. The Kier molecular flexibility index (Phi) is 2.87. The van der Waals surface area contributed by atoms with Crippen LogP contribution < -0.4 is 0 Å². The van der Waals surface area contributed by atoms with Crippen molar-refractivity contribution in [1.82, 2.24) is 0 Å². The summed E-state index contributed by atoms with van der Waals surface area (Å²) >= 11 is 0.897. The van der Waals surface area contributed by atoms with Gasteiger partial charge in [0.05, 0.1) is 11.3 Å². The Morgan fingerprint density at radius 2 is 2.19 bits per heavy atom. The maximum Gasteiger partial charge on any atom is 0.348 e. The first-order valence-corrected chi connectivity index (χ1v) is 5.49. The van der Waals surface area contributed by atoms with Gasteiger partial charge in [0.2, 0.25) is 0 Å². The molecule has 1 aromatic carbocycles. The van der Waals surface area contributed by atoms with Crippen molar-refractivity contribution in [1.29, 1.82) is 0 Å². The van der Waals surface area contributed by atoms with Crippen LogP contribution >= 0.6 is 11.3 Å². The molecule has 0 radical (unpaired) electrons. The number of carbonyl (C=O) groups excluding carboxylic acids is 1. The summed E-state index contributed by atoms with van der Waals surface area (Å²) in [7, 11) is 0. The van der Waals surface area contributed by atoms with Gasteiger partial charge in [-0.3, -0.25) is 0 Å². The molecule has 0 spiro atoms. The van der Waals surface area contributed by atoms with Gasteiger partial charge < -0.3 is 4.74 Å². The standard InChI is InChI=1S/C11H8F2O2S/c1-2-15-11(14)8-5-6-3-4-7(12)9(13)10(6)16-8/h3-5H,2H2,1H3. The first kappa shape index (κ1) is 11.0. The number of ether oxygens (including phenoxy) is 1. The second-order valence-electron chi connectivity index (χ2n) is 3.11. The Balaban J connectivity index is 2.52. The van der Waals surface area contributed by atoms with Gasteiger partial charge in [0, 0.05) is 0 Å². The van der Waals surface area contributed by atoms with Crippen molar-refractivity contribution >= 4 is 27.4 Å². The highest BCUT2D eigenvalue weighted by atomic mass is 32.1. The van der Waals surface area contributed by atoms with Gasteiger partial charge in [-0.15, -0.1) is 11.3 Å². The second-order valence-corrected chi connectivity index (χ2v) is 4.16. The van der Waals surface area contributed by atoms with Crippen molar-refractivity contribution in [3.63, 3.8) is 0 Å². The van der Waals surface area contributed by atoms with Gasteiger partial charge in [0.25, 0.3) is 0 Å². The Morgan fingerprint density at radius 1 is 1.44 bits per heavy atom. The summed E-state index contributed by atoms with van der Waals surface area (Å²) in [6.07, 6.45) is 0. The summed E-state index contributed by atoms with van der Waals surface area (Å²) < 4.78 is 31.2. The molecule has 16 heavy (non-hydrogen) atoms. The van der Waals surface area contributed by atoms with Crippen LogP contribution in [0, 0.1) is 11.6 Å². The molecule has 1 heterocycles. The van der Waals surface area contributed by atoms with Gasteiger partial charge in [0.1, 0.15) is 4.88 Å². The van der Waals surface area contributed by atoms with E-state index in [4.69, 9.17) is 4.74 Å². The highest BCUT2D eigenvalue weighted by Gasteiger charge is 2.15. The van der Waals surface area contributed by atoms with E-state index in [-0.39, 0.29) is 16.2 Å². The van der Waals surface area contributed by atoms with E-state index in [9.17, 15) is 13.6 Å². The highest BCUT2D eigenvalue weighted by molar-refractivity contribution is 7.20. The monoisotopic (exact) mass is 242 g/mol. The zero-order valence-electron chi connectivity index (χ0n) is 8.42. The summed E-state index contributed by atoms with van der Waals surface area (Å²) in [5.41, 5.74) is 0. The van der Waals surface area contributed by atoms with Crippen molar-refractivity contribution in [3.05, 3.63) is 34.7 Å². The molecule has 0 saturated carbocycles. The van der Waals surface area contributed by atoms with Crippen LogP contribution in [0.25, 0.3) is 10.1 Å². The molecule has 0 amide bonds. The van der Waals surface area contributed by atoms with E-state index in [1.54, 1.807) is 6.92 Å². The van der Waals surface area contributed by atoms with Gasteiger partial charge in [-0.25, -0.2) is 13.6 Å². The Hall–Kier alpha value is -1.49. The molecule has 0 N–H and O–H groups in total. The number of hydrogen-bond donors (Lipinski definition) is 0. The summed E-state index contributed by atoms with van der Waals surface area (Å²) in [6, 6.07) is 3.98. The quantitative estimate of drug-likeness (QED) is 0.755. The first-order chi connectivity index (χ1) is 7.63. The molecule has 0 saturated heterocycles. The first-order valence-electron chi connectivity index (χ1n) is 4.68. The van der Waals surface area contributed by atoms with E-state index in [0.29, 0.717) is 5.39 Å². The predicted octanol–water partition coefficient (Wildman–Crippen LogP) is 3.36. The number of thiophene rings is 1. The number of benzene rings is 1. The number of hydrogen-bond acceptors (Lipinski definition) is 3. The van der Waals surface area contributed by atoms with Crippen LogP contribution in [0.1, 0.15) is 16.6 Å². The zero-order chi connectivity index (χ0) is 11.7. The fraction of sp³-hybridized carbons (Fsp3) is 0.182.